The molecule has 0 amide bonds. The Labute approximate surface area is 110 Å². The minimum absolute atomic E-state index is 0.576. The van der Waals surface area contributed by atoms with Crippen molar-refractivity contribution < 1.29 is 0 Å². The molecule has 0 fully saturated rings. The number of fused-ring (bicyclic) bond motifs is 1. The second kappa shape index (κ2) is 3.98. The minimum atomic E-state index is 0.576. The van der Waals surface area contributed by atoms with Crippen molar-refractivity contribution in [1.82, 2.24) is 24.7 Å². The van der Waals surface area contributed by atoms with Gasteiger partial charge in [-0.15, -0.1) is 0 Å². The van der Waals surface area contributed by atoms with E-state index in [1.54, 1.807) is 17.9 Å². The SMILES string of the molecule is CN(C)c1ccc2[nH]c(-c3cnn(C)c3N)nc2n1. The summed E-state index contributed by atoms with van der Waals surface area (Å²) in [6.45, 7) is 0. The smallest absolute Gasteiger partial charge is 0.180 e. The van der Waals surface area contributed by atoms with Crippen LogP contribution in [0.5, 0.6) is 0 Å². The van der Waals surface area contributed by atoms with E-state index in [0.29, 0.717) is 17.3 Å². The minimum Gasteiger partial charge on any atom is -0.383 e. The average Bonchev–Trinajstić information content (AvgIpc) is 2.93. The molecule has 0 aliphatic rings. The summed E-state index contributed by atoms with van der Waals surface area (Å²) in [6.07, 6.45) is 1.69. The van der Waals surface area contributed by atoms with Crippen molar-refractivity contribution in [3.8, 4) is 11.4 Å². The van der Waals surface area contributed by atoms with Crippen LogP contribution >= 0.6 is 0 Å². The van der Waals surface area contributed by atoms with Crippen molar-refractivity contribution in [2.75, 3.05) is 24.7 Å². The molecule has 0 unspecified atom stereocenters. The molecule has 3 rings (SSSR count). The number of hydrogen-bond donors (Lipinski definition) is 2. The summed E-state index contributed by atoms with van der Waals surface area (Å²) in [7, 11) is 5.69. The number of nitrogens with one attached hydrogen (secondary N) is 1. The summed E-state index contributed by atoms with van der Waals surface area (Å²) in [5, 5.41) is 4.11. The van der Waals surface area contributed by atoms with Crippen molar-refractivity contribution in [3.05, 3.63) is 18.3 Å². The lowest BCUT2D eigenvalue weighted by atomic mass is 10.3. The number of pyridine rings is 1. The molecule has 0 bridgehead atoms. The zero-order chi connectivity index (χ0) is 13.6. The molecular formula is C12H15N7. The van der Waals surface area contributed by atoms with Gasteiger partial charge >= 0.3 is 0 Å². The van der Waals surface area contributed by atoms with Gasteiger partial charge in [-0.05, 0) is 12.1 Å². The Hall–Kier alpha value is -2.57. The fraction of sp³-hybridized carbons (Fsp3) is 0.250. The van der Waals surface area contributed by atoms with E-state index in [4.69, 9.17) is 5.73 Å². The van der Waals surface area contributed by atoms with Crippen LogP contribution in [0.3, 0.4) is 0 Å². The van der Waals surface area contributed by atoms with Gasteiger partial charge in [0, 0.05) is 21.1 Å². The largest absolute Gasteiger partial charge is 0.383 e. The summed E-state index contributed by atoms with van der Waals surface area (Å²) < 4.78 is 1.61. The number of imidazole rings is 1. The Morgan fingerprint density at radius 2 is 2.05 bits per heavy atom. The van der Waals surface area contributed by atoms with E-state index in [2.05, 4.69) is 20.1 Å². The zero-order valence-corrected chi connectivity index (χ0v) is 11.0. The fourth-order valence-corrected chi connectivity index (χ4v) is 1.89. The van der Waals surface area contributed by atoms with Gasteiger partial charge in [0.2, 0.25) is 0 Å². The maximum Gasteiger partial charge on any atom is 0.180 e. The normalized spacial score (nSPS) is 11.1. The second-order valence-corrected chi connectivity index (χ2v) is 4.59. The molecule has 3 aromatic heterocycles. The molecule has 0 aliphatic carbocycles. The van der Waals surface area contributed by atoms with Crippen molar-refractivity contribution >= 4 is 22.8 Å². The first-order valence-corrected chi connectivity index (χ1v) is 5.88. The van der Waals surface area contributed by atoms with E-state index in [1.807, 2.05) is 31.1 Å². The van der Waals surface area contributed by atoms with E-state index < -0.39 is 0 Å². The van der Waals surface area contributed by atoms with Crippen molar-refractivity contribution in [2.24, 2.45) is 7.05 Å². The molecule has 19 heavy (non-hydrogen) atoms. The van der Waals surface area contributed by atoms with Gasteiger partial charge in [-0.3, -0.25) is 4.68 Å². The number of H-pyrrole nitrogens is 1. The quantitative estimate of drug-likeness (QED) is 0.715. The van der Waals surface area contributed by atoms with Crippen LogP contribution in [0.4, 0.5) is 11.6 Å². The monoisotopic (exact) mass is 257 g/mol. The number of nitrogen functional groups attached to an aromatic ring is 1. The number of hydrogen-bond acceptors (Lipinski definition) is 5. The first-order valence-electron chi connectivity index (χ1n) is 5.88. The summed E-state index contributed by atoms with van der Waals surface area (Å²) in [5.74, 6) is 2.13. The molecule has 0 aromatic carbocycles. The number of aromatic nitrogens is 5. The zero-order valence-electron chi connectivity index (χ0n) is 11.0. The van der Waals surface area contributed by atoms with Crippen LogP contribution in [0.15, 0.2) is 18.3 Å². The molecular weight excluding hydrogens is 242 g/mol. The van der Waals surface area contributed by atoms with Crippen molar-refractivity contribution in [1.29, 1.82) is 0 Å². The highest BCUT2D eigenvalue weighted by atomic mass is 15.3. The topological polar surface area (TPSA) is 88.7 Å². The maximum absolute atomic E-state index is 5.95. The van der Waals surface area contributed by atoms with Gasteiger partial charge in [0.1, 0.15) is 17.5 Å². The van der Waals surface area contributed by atoms with Crippen LogP contribution in [0.2, 0.25) is 0 Å². The van der Waals surface area contributed by atoms with Crippen LogP contribution < -0.4 is 10.6 Å². The summed E-state index contributed by atoms with van der Waals surface area (Å²) >= 11 is 0. The van der Waals surface area contributed by atoms with E-state index in [-0.39, 0.29) is 0 Å². The molecule has 3 heterocycles. The average molecular weight is 257 g/mol. The van der Waals surface area contributed by atoms with E-state index in [1.165, 1.54) is 0 Å². The third-order valence-electron chi connectivity index (χ3n) is 3.03. The first-order chi connectivity index (χ1) is 9.06. The molecule has 0 saturated carbocycles. The van der Waals surface area contributed by atoms with Gasteiger partial charge in [0.05, 0.1) is 17.3 Å². The molecule has 0 spiro atoms. The van der Waals surface area contributed by atoms with Gasteiger partial charge < -0.3 is 15.6 Å². The van der Waals surface area contributed by atoms with Crippen LogP contribution in [-0.2, 0) is 7.05 Å². The molecule has 7 heteroatoms. The summed E-state index contributed by atoms with van der Waals surface area (Å²) in [4.78, 5) is 14.1. The van der Waals surface area contributed by atoms with E-state index >= 15 is 0 Å². The number of aryl methyl sites for hydroxylation is 1. The van der Waals surface area contributed by atoms with E-state index in [9.17, 15) is 0 Å². The molecule has 0 aliphatic heterocycles. The highest BCUT2D eigenvalue weighted by Crippen LogP contribution is 2.25. The standard InChI is InChI=1S/C12H15N7/c1-18(2)9-5-4-8-12(16-9)17-11(15-8)7-6-14-19(3)10(7)13/h4-6H,13H2,1-3H3,(H,15,16,17). The molecule has 98 valence electrons. The van der Waals surface area contributed by atoms with Crippen LogP contribution in [0, 0.1) is 0 Å². The maximum atomic E-state index is 5.95. The second-order valence-electron chi connectivity index (χ2n) is 4.59. The van der Waals surface area contributed by atoms with Crippen molar-refractivity contribution in [2.45, 2.75) is 0 Å². The summed E-state index contributed by atoms with van der Waals surface area (Å²) in [5.41, 5.74) is 8.28. The van der Waals surface area contributed by atoms with Gasteiger partial charge in [-0.25, -0.2) is 9.97 Å². The van der Waals surface area contributed by atoms with Gasteiger partial charge in [-0.1, -0.05) is 0 Å². The Balaban J connectivity index is 2.14. The number of nitrogens with zero attached hydrogens (tertiary/aromatic N) is 5. The van der Waals surface area contributed by atoms with Crippen LogP contribution in [-0.4, -0.2) is 38.8 Å². The molecule has 3 N–H and O–H groups in total. The van der Waals surface area contributed by atoms with Crippen molar-refractivity contribution in [3.63, 3.8) is 0 Å². The molecule has 7 nitrogen and oxygen atoms in total. The predicted octanol–water partition coefficient (Wildman–Crippen LogP) is 1.01. The third-order valence-corrected chi connectivity index (χ3v) is 3.03. The highest BCUT2D eigenvalue weighted by Gasteiger charge is 2.13. The van der Waals surface area contributed by atoms with Crippen LogP contribution in [0.1, 0.15) is 0 Å². The molecule has 0 atom stereocenters. The van der Waals surface area contributed by atoms with E-state index in [0.717, 1.165) is 16.9 Å². The number of rotatable bonds is 2. The molecule has 0 saturated heterocycles. The number of aromatic amines is 1. The van der Waals surface area contributed by atoms with Gasteiger partial charge in [-0.2, -0.15) is 5.10 Å². The summed E-state index contributed by atoms with van der Waals surface area (Å²) in [6, 6.07) is 3.90. The number of nitrogens with two attached hydrogens (primary N) is 1. The predicted molar refractivity (Wildman–Crippen MR) is 74.8 cm³/mol. The Morgan fingerprint density at radius 1 is 1.26 bits per heavy atom. The van der Waals surface area contributed by atoms with Gasteiger partial charge in [0.15, 0.2) is 5.65 Å². The van der Waals surface area contributed by atoms with Crippen LogP contribution in [0.25, 0.3) is 22.6 Å². The Morgan fingerprint density at radius 3 is 2.68 bits per heavy atom. The number of anilines is 2. The molecule has 3 aromatic rings. The lowest BCUT2D eigenvalue weighted by Crippen LogP contribution is -2.10. The Kier molecular flexibility index (Phi) is 2.41. The fourth-order valence-electron chi connectivity index (χ4n) is 1.89. The lowest BCUT2D eigenvalue weighted by Gasteiger charge is -2.09. The lowest BCUT2D eigenvalue weighted by molar-refractivity contribution is 0.779. The molecule has 0 radical (unpaired) electrons. The first kappa shape index (κ1) is 11.5. The highest BCUT2D eigenvalue weighted by molar-refractivity contribution is 5.80. The Bertz CT molecular complexity index is 738. The third kappa shape index (κ3) is 1.79. The van der Waals surface area contributed by atoms with Gasteiger partial charge in [0.25, 0.3) is 0 Å².